The third-order valence-electron chi connectivity index (χ3n) is 4.29. The van der Waals surface area contributed by atoms with Crippen molar-refractivity contribution < 1.29 is 30.5 Å². The van der Waals surface area contributed by atoms with Crippen molar-refractivity contribution in [2.24, 2.45) is 0 Å². The van der Waals surface area contributed by atoms with Crippen molar-refractivity contribution in [3.05, 3.63) is 23.8 Å². The van der Waals surface area contributed by atoms with Gasteiger partial charge in [-0.3, -0.25) is 9.11 Å². The summed E-state index contributed by atoms with van der Waals surface area (Å²) in [5, 5.41) is 0. The zero-order valence-corrected chi connectivity index (χ0v) is 14.8. The average molecular weight is 362 g/mol. The van der Waals surface area contributed by atoms with Gasteiger partial charge in [-0.15, -0.1) is 0 Å². The topological polar surface area (TPSA) is 112 Å². The molecular formula is C14H20NO6S2+. The second-order valence-electron chi connectivity index (χ2n) is 6.13. The van der Waals surface area contributed by atoms with E-state index in [9.17, 15) is 21.4 Å². The van der Waals surface area contributed by atoms with Crippen molar-refractivity contribution in [2.75, 3.05) is 12.3 Å². The SMILES string of the molecule is CC1=[N+](CCCS(=O)(=O)O)c2cccc(S(=O)(=O)O)c2C1(C)C. The van der Waals surface area contributed by atoms with Crippen LogP contribution in [-0.4, -0.2) is 48.5 Å². The molecule has 7 nitrogen and oxygen atoms in total. The molecule has 2 rings (SSSR count). The van der Waals surface area contributed by atoms with Crippen molar-refractivity contribution in [3.8, 4) is 0 Å². The molecule has 1 aliphatic heterocycles. The molecule has 0 unspecified atom stereocenters. The van der Waals surface area contributed by atoms with Crippen LogP contribution in [0.4, 0.5) is 5.69 Å². The minimum Gasteiger partial charge on any atom is -0.286 e. The van der Waals surface area contributed by atoms with Crippen molar-refractivity contribution in [1.82, 2.24) is 0 Å². The molecule has 0 aromatic heterocycles. The third-order valence-corrected chi connectivity index (χ3v) is 5.99. The number of hydrogen-bond acceptors (Lipinski definition) is 4. The smallest absolute Gasteiger partial charge is 0.286 e. The first-order valence-corrected chi connectivity index (χ1v) is 10.1. The van der Waals surface area contributed by atoms with Gasteiger partial charge in [0.15, 0.2) is 5.71 Å². The van der Waals surface area contributed by atoms with Crippen LogP contribution in [0.1, 0.15) is 32.8 Å². The number of hydrogen-bond donors (Lipinski definition) is 2. The van der Waals surface area contributed by atoms with Gasteiger partial charge in [0.2, 0.25) is 5.69 Å². The first-order valence-electron chi connectivity index (χ1n) is 7.03. The molecule has 128 valence electrons. The summed E-state index contributed by atoms with van der Waals surface area (Å²) in [6, 6.07) is 4.62. The highest BCUT2D eigenvalue weighted by atomic mass is 32.2. The second-order valence-corrected chi connectivity index (χ2v) is 9.09. The fraction of sp³-hybridized carbons (Fsp3) is 0.500. The minimum absolute atomic E-state index is 0.142. The number of nitrogens with zero attached hydrogens (tertiary/aromatic N) is 1. The van der Waals surface area contributed by atoms with Gasteiger partial charge in [-0.2, -0.15) is 21.4 Å². The molecule has 0 atom stereocenters. The van der Waals surface area contributed by atoms with Crippen LogP contribution in [-0.2, 0) is 25.7 Å². The average Bonchev–Trinajstić information content (AvgIpc) is 2.57. The normalized spacial score (nSPS) is 17.4. The predicted octanol–water partition coefficient (Wildman–Crippen LogP) is 1.61. The van der Waals surface area contributed by atoms with E-state index >= 15 is 0 Å². The Bertz CT molecular complexity index is 882. The molecule has 0 saturated heterocycles. The first kappa shape index (κ1) is 18.1. The monoisotopic (exact) mass is 362 g/mol. The summed E-state index contributed by atoms with van der Waals surface area (Å²) in [5.41, 5.74) is 1.34. The molecule has 1 heterocycles. The maximum absolute atomic E-state index is 11.7. The standard InChI is InChI=1S/C14H19NO6S2/c1-10-14(2,3)13-11(6-4-7-12(13)23(19,20)21)15(10)8-5-9-22(16,17)18/h4,6-7H,5,8-9H2,1-3H3,(H-,16,17,18,19,20,21)/p+1. The molecule has 0 aliphatic carbocycles. The molecule has 0 radical (unpaired) electrons. The van der Waals surface area contributed by atoms with Crippen molar-refractivity contribution in [3.63, 3.8) is 0 Å². The van der Waals surface area contributed by atoms with Gasteiger partial charge in [-0.05, 0) is 19.9 Å². The lowest BCUT2D eigenvalue weighted by molar-refractivity contribution is -0.438. The van der Waals surface area contributed by atoms with E-state index in [0.717, 1.165) is 5.71 Å². The highest BCUT2D eigenvalue weighted by Gasteiger charge is 2.46. The number of rotatable bonds is 5. The number of fused-ring (bicyclic) bond motifs is 1. The van der Waals surface area contributed by atoms with Gasteiger partial charge in [0, 0.05) is 19.4 Å². The van der Waals surface area contributed by atoms with Gasteiger partial charge in [0.05, 0.1) is 16.7 Å². The largest absolute Gasteiger partial charge is 0.295 e. The molecule has 0 saturated carbocycles. The first-order chi connectivity index (χ1) is 10.4. The Labute approximate surface area is 136 Å². The molecule has 1 aromatic rings. The predicted molar refractivity (Wildman–Crippen MR) is 85.8 cm³/mol. The van der Waals surface area contributed by atoms with Crippen LogP contribution in [0.3, 0.4) is 0 Å². The lowest BCUT2D eigenvalue weighted by Gasteiger charge is -2.17. The van der Waals surface area contributed by atoms with E-state index in [4.69, 9.17) is 4.55 Å². The lowest BCUT2D eigenvalue weighted by Crippen LogP contribution is -2.28. The zero-order chi connectivity index (χ0) is 17.6. The van der Waals surface area contributed by atoms with Crippen LogP contribution in [0.5, 0.6) is 0 Å². The Morgan fingerprint density at radius 3 is 2.26 bits per heavy atom. The van der Waals surface area contributed by atoms with E-state index < -0.39 is 25.7 Å². The van der Waals surface area contributed by atoms with E-state index in [-0.39, 0.29) is 17.1 Å². The Hall–Kier alpha value is -1.29. The fourth-order valence-corrected chi connectivity index (χ4v) is 4.34. The van der Waals surface area contributed by atoms with Gasteiger partial charge in [-0.1, -0.05) is 6.07 Å². The van der Waals surface area contributed by atoms with Crippen molar-refractivity contribution in [2.45, 2.75) is 37.5 Å². The van der Waals surface area contributed by atoms with E-state index in [0.29, 0.717) is 17.8 Å². The summed E-state index contributed by atoms with van der Waals surface area (Å²) < 4.78 is 65.2. The molecule has 1 aliphatic rings. The summed E-state index contributed by atoms with van der Waals surface area (Å²) in [5.74, 6) is -0.371. The molecule has 0 fully saturated rings. The van der Waals surface area contributed by atoms with Gasteiger partial charge in [0.1, 0.15) is 11.4 Å². The highest BCUT2D eigenvalue weighted by molar-refractivity contribution is 7.86. The Morgan fingerprint density at radius 1 is 1.13 bits per heavy atom. The summed E-state index contributed by atoms with van der Waals surface area (Å²) in [6.45, 7) is 5.84. The van der Waals surface area contributed by atoms with Crippen LogP contribution in [0, 0.1) is 0 Å². The Morgan fingerprint density at radius 2 is 1.74 bits per heavy atom. The zero-order valence-electron chi connectivity index (χ0n) is 13.1. The summed E-state index contributed by atoms with van der Waals surface area (Å²) >= 11 is 0. The van der Waals surface area contributed by atoms with E-state index in [1.54, 1.807) is 6.07 Å². The van der Waals surface area contributed by atoms with Crippen molar-refractivity contribution >= 4 is 31.6 Å². The summed E-state index contributed by atoms with van der Waals surface area (Å²) in [7, 11) is -8.41. The second kappa shape index (κ2) is 5.66. The molecule has 23 heavy (non-hydrogen) atoms. The lowest BCUT2D eigenvalue weighted by atomic mass is 9.82. The molecule has 0 spiro atoms. The Balaban J connectivity index is 2.51. The van der Waals surface area contributed by atoms with Crippen LogP contribution >= 0.6 is 0 Å². The molecule has 0 amide bonds. The van der Waals surface area contributed by atoms with Gasteiger partial charge >= 0.3 is 0 Å². The van der Waals surface area contributed by atoms with E-state index in [2.05, 4.69) is 0 Å². The van der Waals surface area contributed by atoms with E-state index in [1.165, 1.54) is 12.1 Å². The van der Waals surface area contributed by atoms with Gasteiger partial charge < -0.3 is 0 Å². The van der Waals surface area contributed by atoms with Crippen LogP contribution < -0.4 is 0 Å². The van der Waals surface area contributed by atoms with Crippen LogP contribution in [0.15, 0.2) is 23.1 Å². The summed E-state index contributed by atoms with van der Waals surface area (Å²) in [4.78, 5) is -0.142. The molecule has 9 heteroatoms. The molecular weight excluding hydrogens is 342 g/mol. The maximum atomic E-state index is 11.7. The number of benzene rings is 1. The summed E-state index contributed by atoms with van der Waals surface area (Å²) in [6.07, 6.45) is 0.196. The maximum Gasteiger partial charge on any atom is 0.295 e. The Kier molecular flexibility index (Phi) is 4.44. The van der Waals surface area contributed by atoms with Gasteiger partial charge in [-0.25, -0.2) is 0 Å². The van der Waals surface area contributed by atoms with Crippen LogP contribution in [0.25, 0.3) is 0 Å². The van der Waals surface area contributed by atoms with Crippen LogP contribution in [0.2, 0.25) is 0 Å². The minimum atomic E-state index is -4.37. The van der Waals surface area contributed by atoms with Gasteiger partial charge in [0.25, 0.3) is 20.2 Å². The van der Waals surface area contributed by atoms with Crippen molar-refractivity contribution in [1.29, 1.82) is 0 Å². The van der Waals surface area contributed by atoms with E-state index in [1.807, 2.05) is 25.3 Å². The third kappa shape index (κ3) is 3.47. The highest BCUT2D eigenvalue weighted by Crippen LogP contribution is 2.43. The molecule has 1 aromatic carbocycles. The quantitative estimate of drug-likeness (QED) is 0.608. The molecule has 0 bridgehead atoms. The fourth-order valence-electron chi connectivity index (χ4n) is 2.98. The molecule has 2 N–H and O–H groups in total.